The number of carbonyl (C=O) groups is 2. The van der Waals surface area contributed by atoms with Gasteiger partial charge >= 0.3 is 11.9 Å². The Bertz CT molecular complexity index is 1170. The lowest BCUT2D eigenvalue weighted by molar-refractivity contribution is -0.870. The summed E-state index contributed by atoms with van der Waals surface area (Å²) in [5.41, 5.74) is 0. The van der Waals surface area contributed by atoms with E-state index >= 15 is 0 Å². The number of carbonyl (C=O) groups excluding carboxylic acids is 2. The van der Waals surface area contributed by atoms with Gasteiger partial charge in [-0.05, 0) is 83.5 Å². The molecule has 0 bridgehead atoms. The fourth-order valence-electron chi connectivity index (χ4n) is 5.87. The first-order chi connectivity index (χ1) is 28.0. The highest BCUT2D eigenvalue weighted by molar-refractivity contribution is 7.45. The van der Waals surface area contributed by atoms with Crippen LogP contribution < -0.4 is 4.89 Å². The molecule has 0 aliphatic rings. The van der Waals surface area contributed by atoms with Crippen LogP contribution in [0.15, 0.2) is 60.8 Å². The highest BCUT2D eigenvalue weighted by atomic mass is 31.2. The molecular formula is C48H86NO8P. The number of phosphoric ester groups is 1. The number of ether oxygens (including phenoxy) is 2. The minimum Gasteiger partial charge on any atom is -0.756 e. The molecule has 0 rings (SSSR count). The Kier molecular flexibility index (Phi) is 38.5. The van der Waals surface area contributed by atoms with E-state index in [0.29, 0.717) is 17.4 Å². The molecule has 0 N–H and O–H groups in total. The van der Waals surface area contributed by atoms with Gasteiger partial charge < -0.3 is 27.9 Å². The van der Waals surface area contributed by atoms with Crippen LogP contribution in [0.5, 0.6) is 0 Å². The van der Waals surface area contributed by atoms with E-state index < -0.39 is 32.5 Å². The smallest absolute Gasteiger partial charge is 0.306 e. The minimum absolute atomic E-state index is 0.0403. The molecule has 0 heterocycles. The molecule has 58 heavy (non-hydrogen) atoms. The summed E-state index contributed by atoms with van der Waals surface area (Å²) in [7, 11) is 1.13. The summed E-state index contributed by atoms with van der Waals surface area (Å²) in [6.45, 7) is 4.14. The van der Waals surface area contributed by atoms with Crippen molar-refractivity contribution in [3.05, 3.63) is 60.8 Å². The number of unbranched alkanes of at least 4 members (excludes halogenated alkanes) is 17. The molecule has 0 spiro atoms. The summed E-state index contributed by atoms with van der Waals surface area (Å²) in [4.78, 5) is 37.6. The van der Waals surface area contributed by atoms with Gasteiger partial charge in [0, 0.05) is 12.8 Å². The summed E-state index contributed by atoms with van der Waals surface area (Å²) in [6.07, 6.45) is 48.1. The standard InChI is InChI=1S/C48H86NO8P/c1-6-8-10-12-14-16-18-20-22-23-24-25-27-29-31-33-35-37-39-41-48(51)57-46(45-56-58(52,53)55-43-42-49(3,4)5)44-54-47(50)40-38-36-34-32-30-28-26-21-19-17-15-13-11-9-7-2/h14,16-17,19-20,22,24-25,29,31,46H,6-13,15,18,21,23,26-28,30,32-45H2,1-5H3/b16-14-,19-17-,22-20-,25-24-,31-29-/t46-/m1/s1. The molecule has 0 aliphatic heterocycles. The van der Waals surface area contributed by atoms with Crippen molar-refractivity contribution in [1.29, 1.82) is 0 Å². The maximum absolute atomic E-state index is 12.7. The van der Waals surface area contributed by atoms with E-state index in [0.717, 1.165) is 70.6 Å². The van der Waals surface area contributed by atoms with Crippen LogP contribution in [0.25, 0.3) is 0 Å². The van der Waals surface area contributed by atoms with Crippen LogP contribution in [0.3, 0.4) is 0 Å². The van der Waals surface area contributed by atoms with Crippen LogP contribution in [-0.4, -0.2) is 70.0 Å². The van der Waals surface area contributed by atoms with Gasteiger partial charge in [0.05, 0.1) is 27.7 Å². The summed E-state index contributed by atoms with van der Waals surface area (Å²) < 4.78 is 33.9. The number of phosphoric acid groups is 1. The average molecular weight is 836 g/mol. The molecular weight excluding hydrogens is 750 g/mol. The van der Waals surface area contributed by atoms with Gasteiger partial charge in [-0.2, -0.15) is 0 Å². The average Bonchev–Trinajstić information content (AvgIpc) is 3.17. The Labute approximate surface area is 356 Å². The molecule has 0 aromatic carbocycles. The first kappa shape index (κ1) is 55.7. The van der Waals surface area contributed by atoms with E-state index in [1.165, 1.54) is 77.0 Å². The van der Waals surface area contributed by atoms with Gasteiger partial charge in [-0.3, -0.25) is 14.2 Å². The second-order valence-corrected chi connectivity index (χ2v) is 17.8. The molecule has 0 saturated carbocycles. The van der Waals surface area contributed by atoms with Gasteiger partial charge in [-0.25, -0.2) is 0 Å². The van der Waals surface area contributed by atoms with Gasteiger partial charge in [0.15, 0.2) is 6.10 Å². The third kappa shape index (κ3) is 43.3. The highest BCUT2D eigenvalue weighted by Crippen LogP contribution is 2.38. The molecule has 1 unspecified atom stereocenters. The predicted molar refractivity (Wildman–Crippen MR) is 240 cm³/mol. The second kappa shape index (κ2) is 40.1. The summed E-state index contributed by atoms with van der Waals surface area (Å²) in [5.74, 6) is -0.878. The minimum atomic E-state index is -4.64. The molecule has 9 nitrogen and oxygen atoms in total. The van der Waals surface area contributed by atoms with Crippen LogP contribution >= 0.6 is 7.82 Å². The number of quaternary nitrogens is 1. The van der Waals surface area contributed by atoms with E-state index in [4.69, 9.17) is 18.5 Å². The number of rotatable bonds is 41. The van der Waals surface area contributed by atoms with Crippen molar-refractivity contribution in [3.63, 3.8) is 0 Å². The highest BCUT2D eigenvalue weighted by Gasteiger charge is 2.21. The normalized spacial score (nSPS) is 14.1. The van der Waals surface area contributed by atoms with E-state index in [2.05, 4.69) is 74.6 Å². The van der Waals surface area contributed by atoms with Crippen molar-refractivity contribution in [2.24, 2.45) is 0 Å². The topological polar surface area (TPSA) is 111 Å². The molecule has 10 heteroatoms. The second-order valence-electron chi connectivity index (χ2n) is 16.4. The monoisotopic (exact) mass is 836 g/mol. The maximum atomic E-state index is 12.7. The van der Waals surface area contributed by atoms with Crippen LogP contribution in [0.1, 0.15) is 181 Å². The number of hydrogen-bond acceptors (Lipinski definition) is 8. The molecule has 0 fully saturated rings. The zero-order chi connectivity index (χ0) is 42.8. The van der Waals surface area contributed by atoms with Gasteiger partial charge in [-0.15, -0.1) is 0 Å². The SMILES string of the molecule is CCCCC/C=C\C/C=C\C/C=C\C/C=C\CCCCCC(=O)O[C@H](COC(=O)CCCCCCCCC/C=C\CCCCCC)COP(=O)([O-])OCC[N+](C)(C)C. The Morgan fingerprint density at radius 1 is 0.534 bits per heavy atom. The Morgan fingerprint density at radius 3 is 1.45 bits per heavy atom. The quantitative estimate of drug-likeness (QED) is 0.0197. The number of esters is 2. The first-order valence-corrected chi connectivity index (χ1v) is 24.5. The van der Waals surface area contributed by atoms with Gasteiger partial charge in [0.25, 0.3) is 7.82 Å². The lowest BCUT2D eigenvalue weighted by Gasteiger charge is -2.28. The fraction of sp³-hybridized carbons (Fsp3) is 0.750. The Hall–Kier alpha value is -2.29. The number of hydrogen-bond donors (Lipinski definition) is 0. The molecule has 2 atom stereocenters. The summed E-state index contributed by atoms with van der Waals surface area (Å²) >= 11 is 0. The van der Waals surface area contributed by atoms with Crippen LogP contribution in [-0.2, 0) is 32.7 Å². The van der Waals surface area contributed by atoms with Crippen molar-refractivity contribution in [2.45, 2.75) is 187 Å². The third-order valence-corrected chi connectivity index (χ3v) is 10.5. The van der Waals surface area contributed by atoms with Crippen molar-refractivity contribution in [3.8, 4) is 0 Å². The fourth-order valence-corrected chi connectivity index (χ4v) is 6.60. The number of allylic oxidation sites excluding steroid dienone is 10. The summed E-state index contributed by atoms with van der Waals surface area (Å²) in [6, 6.07) is 0. The predicted octanol–water partition coefficient (Wildman–Crippen LogP) is 12.6. The Balaban J connectivity index is 4.42. The largest absolute Gasteiger partial charge is 0.756 e. The molecule has 0 amide bonds. The number of nitrogens with zero attached hydrogens (tertiary/aromatic N) is 1. The lowest BCUT2D eigenvalue weighted by atomic mass is 10.1. The van der Waals surface area contributed by atoms with E-state index in [-0.39, 0.29) is 26.1 Å². The maximum Gasteiger partial charge on any atom is 0.306 e. The van der Waals surface area contributed by atoms with Crippen molar-refractivity contribution in [1.82, 2.24) is 0 Å². The first-order valence-electron chi connectivity index (χ1n) is 23.0. The van der Waals surface area contributed by atoms with Crippen molar-refractivity contribution < 1.29 is 42.1 Å². The number of likely N-dealkylation sites (N-methyl/N-ethyl adjacent to an activating group) is 1. The zero-order valence-corrected chi connectivity index (χ0v) is 38.6. The third-order valence-electron chi connectivity index (χ3n) is 9.51. The molecule has 0 aromatic heterocycles. The summed E-state index contributed by atoms with van der Waals surface area (Å²) in [5, 5.41) is 0. The van der Waals surface area contributed by atoms with Gasteiger partial charge in [0.2, 0.25) is 0 Å². The van der Waals surface area contributed by atoms with Crippen LogP contribution in [0.4, 0.5) is 0 Å². The van der Waals surface area contributed by atoms with Crippen molar-refractivity contribution >= 4 is 19.8 Å². The lowest BCUT2D eigenvalue weighted by Crippen LogP contribution is -2.37. The zero-order valence-electron chi connectivity index (χ0n) is 37.7. The van der Waals surface area contributed by atoms with Crippen LogP contribution in [0, 0.1) is 0 Å². The van der Waals surface area contributed by atoms with Crippen molar-refractivity contribution in [2.75, 3.05) is 47.5 Å². The Morgan fingerprint density at radius 2 is 0.931 bits per heavy atom. The van der Waals surface area contributed by atoms with Crippen LogP contribution in [0.2, 0.25) is 0 Å². The molecule has 0 aliphatic carbocycles. The van der Waals surface area contributed by atoms with Gasteiger partial charge in [0.1, 0.15) is 19.8 Å². The van der Waals surface area contributed by atoms with E-state index in [1.54, 1.807) is 0 Å². The molecule has 0 aromatic rings. The molecule has 0 saturated heterocycles. The molecule has 336 valence electrons. The van der Waals surface area contributed by atoms with E-state index in [9.17, 15) is 19.0 Å². The van der Waals surface area contributed by atoms with E-state index in [1.807, 2.05) is 21.1 Å². The van der Waals surface area contributed by atoms with Gasteiger partial charge in [-0.1, -0.05) is 145 Å². The molecule has 0 radical (unpaired) electrons.